The van der Waals surface area contributed by atoms with E-state index in [2.05, 4.69) is 52.9 Å². The molecule has 0 bridgehead atoms. The highest BCUT2D eigenvalue weighted by molar-refractivity contribution is 5.87. The number of rotatable bonds is 2. The maximum Gasteiger partial charge on any atom is 0.168 e. The molecule has 0 aliphatic carbocycles. The van der Waals surface area contributed by atoms with Gasteiger partial charge in [-0.3, -0.25) is 0 Å². The molecule has 1 saturated heterocycles. The number of para-hydroxylation sites is 1. The van der Waals surface area contributed by atoms with Crippen molar-refractivity contribution >= 4 is 16.9 Å². The van der Waals surface area contributed by atoms with Crippen molar-refractivity contribution in [3.8, 4) is 5.69 Å². The maximum atomic E-state index is 5.83. The number of benzene rings is 1. The number of hydrogen-bond donors (Lipinski definition) is 0. The zero-order valence-electron chi connectivity index (χ0n) is 14.2. The van der Waals surface area contributed by atoms with Gasteiger partial charge in [-0.05, 0) is 32.4 Å². The Hall–Kier alpha value is -2.47. The number of hydrogen-bond acceptors (Lipinski definition) is 5. The van der Waals surface area contributed by atoms with Gasteiger partial charge in [-0.1, -0.05) is 18.2 Å². The first-order valence-electron chi connectivity index (χ1n) is 8.28. The quantitative estimate of drug-likeness (QED) is 0.726. The van der Waals surface area contributed by atoms with Gasteiger partial charge in [0.25, 0.3) is 0 Å². The van der Waals surface area contributed by atoms with E-state index in [0.717, 1.165) is 41.2 Å². The standard InChI is InChI=1S/C18H21N5O/c1-12-6-4-5-7-16(12)23-18-15(8-21-23)17(19-11-20-18)22-9-13(2)24-14(3)10-22/h4-8,11,13-14H,9-10H2,1-3H3/t13-,14+. The van der Waals surface area contributed by atoms with Crippen LogP contribution >= 0.6 is 0 Å². The zero-order valence-corrected chi connectivity index (χ0v) is 14.2. The van der Waals surface area contributed by atoms with Crippen LogP contribution < -0.4 is 4.90 Å². The summed E-state index contributed by atoms with van der Waals surface area (Å²) < 4.78 is 7.73. The van der Waals surface area contributed by atoms with E-state index in [0.29, 0.717) is 0 Å². The highest BCUT2D eigenvalue weighted by Crippen LogP contribution is 2.27. The Morgan fingerprint density at radius 2 is 1.83 bits per heavy atom. The molecule has 0 radical (unpaired) electrons. The summed E-state index contributed by atoms with van der Waals surface area (Å²) in [4.78, 5) is 11.3. The third-order valence-corrected chi connectivity index (χ3v) is 4.41. The van der Waals surface area contributed by atoms with Crippen LogP contribution in [0.4, 0.5) is 5.82 Å². The normalized spacial score (nSPS) is 21.4. The van der Waals surface area contributed by atoms with Crippen LogP contribution in [0.25, 0.3) is 16.7 Å². The van der Waals surface area contributed by atoms with E-state index in [9.17, 15) is 0 Å². The van der Waals surface area contributed by atoms with Crippen LogP contribution in [-0.4, -0.2) is 45.0 Å². The molecule has 1 aliphatic rings. The zero-order chi connectivity index (χ0) is 16.7. The van der Waals surface area contributed by atoms with Crippen LogP contribution in [0, 0.1) is 6.92 Å². The average molecular weight is 323 g/mol. The number of fused-ring (bicyclic) bond motifs is 1. The fourth-order valence-corrected chi connectivity index (χ4v) is 3.41. The van der Waals surface area contributed by atoms with Crippen LogP contribution in [0.1, 0.15) is 19.4 Å². The molecule has 4 rings (SSSR count). The van der Waals surface area contributed by atoms with Gasteiger partial charge in [0.15, 0.2) is 5.65 Å². The lowest BCUT2D eigenvalue weighted by Gasteiger charge is -2.36. The second-order valence-corrected chi connectivity index (χ2v) is 6.44. The summed E-state index contributed by atoms with van der Waals surface area (Å²) in [6.45, 7) is 7.92. The Kier molecular flexibility index (Phi) is 3.69. The van der Waals surface area contributed by atoms with Gasteiger partial charge in [0.1, 0.15) is 12.1 Å². The lowest BCUT2D eigenvalue weighted by molar-refractivity contribution is -0.00537. The summed E-state index contributed by atoms with van der Waals surface area (Å²) in [5.41, 5.74) is 3.04. The summed E-state index contributed by atoms with van der Waals surface area (Å²) >= 11 is 0. The molecule has 124 valence electrons. The van der Waals surface area contributed by atoms with E-state index in [1.807, 2.05) is 23.0 Å². The van der Waals surface area contributed by atoms with E-state index >= 15 is 0 Å². The third kappa shape index (κ3) is 2.53. The number of morpholine rings is 1. The lowest BCUT2D eigenvalue weighted by atomic mass is 10.2. The van der Waals surface area contributed by atoms with Crippen molar-refractivity contribution in [2.45, 2.75) is 33.0 Å². The van der Waals surface area contributed by atoms with Gasteiger partial charge >= 0.3 is 0 Å². The monoisotopic (exact) mass is 323 g/mol. The van der Waals surface area contributed by atoms with Gasteiger partial charge in [-0.25, -0.2) is 14.6 Å². The van der Waals surface area contributed by atoms with Crippen LogP contribution in [0.15, 0.2) is 36.8 Å². The van der Waals surface area contributed by atoms with Crippen molar-refractivity contribution in [3.05, 3.63) is 42.4 Å². The molecule has 3 heterocycles. The van der Waals surface area contributed by atoms with Crippen molar-refractivity contribution in [2.75, 3.05) is 18.0 Å². The first-order chi connectivity index (χ1) is 11.6. The molecule has 24 heavy (non-hydrogen) atoms. The van der Waals surface area contributed by atoms with Crippen LogP contribution in [0.3, 0.4) is 0 Å². The summed E-state index contributed by atoms with van der Waals surface area (Å²) in [7, 11) is 0. The number of anilines is 1. The predicted molar refractivity (Wildman–Crippen MR) is 93.6 cm³/mol. The summed E-state index contributed by atoms with van der Waals surface area (Å²) in [6.07, 6.45) is 3.86. The van der Waals surface area contributed by atoms with Crippen LogP contribution in [-0.2, 0) is 4.74 Å². The summed E-state index contributed by atoms with van der Waals surface area (Å²) in [5.74, 6) is 0.932. The number of nitrogens with zero attached hydrogens (tertiary/aromatic N) is 5. The van der Waals surface area contributed by atoms with Crippen molar-refractivity contribution in [1.29, 1.82) is 0 Å². The van der Waals surface area contributed by atoms with Crippen LogP contribution in [0.5, 0.6) is 0 Å². The van der Waals surface area contributed by atoms with Crippen molar-refractivity contribution in [2.24, 2.45) is 0 Å². The molecule has 3 aromatic rings. The molecule has 6 nitrogen and oxygen atoms in total. The second-order valence-electron chi connectivity index (χ2n) is 6.44. The fraction of sp³-hybridized carbons (Fsp3) is 0.389. The number of ether oxygens (including phenoxy) is 1. The minimum atomic E-state index is 0.185. The van der Waals surface area contributed by atoms with Crippen molar-refractivity contribution < 1.29 is 4.74 Å². The molecule has 1 aliphatic heterocycles. The van der Waals surface area contributed by atoms with E-state index < -0.39 is 0 Å². The Morgan fingerprint density at radius 3 is 2.58 bits per heavy atom. The Balaban J connectivity index is 1.81. The van der Waals surface area contributed by atoms with E-state index in [1.54, 1.807) is 6.33 Å². The smallest absolute Gasteiger partial charge is 0.168 e. The molecule has 0 amide bonds. The van der Waals surface area contributed by atoms with Crippen LogP contribution in [0.2, 0.25) is 0 Å². The molecule has 0 unspecified atom stereocenters. The maximum absolute atomic E-state index is 5.83. The third-order valence-electron chi connectivity index (χ3n) is 4.41. The van der Waals surface area contributed by atoms with E-state index in [4.69, 9.17) is 4.74 Å². The largest absolute Gasteiger partial charge is 0.372 e. The Morgan fingerprint density at radius 1 is 1.08 bits per heavy atom. The molecule has 1 aromatic carbocycles. The highest BCUT2D eigenvalue weighted by Gasteiger charge is 2.25. The number of aromatic nitrogens is 4. The van der Waals surface area contributed by atoms with Crippen molar-refractivity contribution in [1.82, 2.24) is 19.7 Å². The van der Waals surface area contributed by atoms with Gasteiger partial charge < -0.3 is 9.64 Å². The molecule has 2 aromatic heterocycles. The summed E-state index contributed by atoms with van der Waals surface area (Å²) in [6, 6.07) is 8.18. The second kappa shape index (κ2) is 5.87. The van der Waals surface area contributed by atoms with Gasteiger partial charge in [0.05, 0.1) is 29.5 Å². The van der Waals surface area contributed by atoms with Gasteiger partial charge in [-0.15, -0.1) is 0 Å². The summed E-state index contributed by atoms with van der Waals surface area (Å²) in [5, 5.41) is 5.55. The Bertz CT molecular complexity index is 865. The molecular weight excluding hydrogens is 302 g/mol. The highest BCUT2D eigenvalue weighted by atomic mass is 16.5. The van der Waals surface area contributed by atoms with Gasteiger partial charge in [-0.2, -0.15) is 5.10 Å². The SMILES string of the molecule is Cc1ccccc1-n1ncc2c(N3C[C@@H](C)O[C@@H](C)C3)ncnc21. The average Bonchev–Trinajstić information content (AvgIpc) is 2.98. The number of aryl methyl sites for hydroxylation is 1. The molecule has 2 atom stereocenters. The molecular formula is C18H21N5O. The lowest BCUT2D eigenvalue weighted by Crippen LogP contribution is -2.45. The Labute approximate surface area is 141 Å². The molecule has 0 N–H and O–H groups in total. The molecule has 6 heteroatoms. The molecule has 1 fully saturated rings. The van der Waals surface area contributed by atoms with E-state index in [-0.39, 0.29) is 12.2 Å². The van der Waals surface area contributed by atoms with Gasteiger partial charge in [0.2, 0.25) is 0 Å². The minimum Gasteiger partial charge on any atom is -0.372 e. The van der Waals surface area contributed by atoms with Crippen molar-refractivity contribution in [3.63, 3.8) is 0 Å². The molecule has 0 spiro atoms. The van der Waals surface area contributed by atoms with Gasteiger partial charge in [0, 0.05) is 13.1 Å². The van der Waals surface area contributed by atoms with E-state index in [1.165, 1.54) is 0 Å². The predicted octanol–water partition coefficient (Wildman–Crippen LogP) is 2.74. The first kappa shape index (κ1) is 15.1. The molecule has 0 saturated carbocycles. The fourth-order valence-electron chi connectivity index (χ4n) is 3.41. The topological polar surface area (TPSA) is 56.1 Å². The first-order valence-corrected chi connectivity index (χ1v) is 8.28. The minimum absolute atomic E-state index is 0.185.